The second-order valence-electron chi connectivity index (χ2n) is 8.11. The zero-order valence-corrected chi connectivity index (χ0v) is 17.9. The maximum Gasteiger partial charge on any atom is 0.220 e. The highest BCUT2D eigenvalue weighted by Crippen LogP contribution is 2.39. The average Bonchev–Trinajstić information content (AvgIpc) is 2.73. The van der Waals surface area contributed by atoms with Crippen LogP contribution in [0.4, 0.5) is 5.69 Å². The number of fused-ring (bicyclic) bond motifs is 1. The number of aldehydes is 1. The van der Waals surface area contributed by atoms with Gasteiger partial charge in [0.1, 0.15) is 6.29 Å². The first-order valence-electron chi connectivity index (χ1n) is 10.5. The molecule has 5 heteroatoms. The lowest BCUT2D eigenvalue weighted by Crippen LogP contribution is -2.35. The van der Waals surface area contributed by atoms with Gasteiger partial charge in [-0.2, -0.15) is 0 Å². The predicted molar refractivity (Wildman–Crippen MR) is 117 cm³/mol. The molecule has 1 aromatic carbocycles. The van der Waals surface area contributed by atoms with Gasteiger partial charge in [0.25, 0.3) is 0 Å². The fourth-order valence-corrected chi connectivity index (χ4v) is 4.24. The maximum atomic E-state index is 12.1. The van der Waals surface area contributed by atoms with Crippen molar-refractivity contribution in [3.05, 3.63) is 47.3 Å². The summed E-state index contributed by atoms with van der Waals surface area (Å²) in [4.78, 5) is 29.6. The second kappa shape index (κ2) is 9.21. The Kier molecular flexibility index (Phi) is 6.68. The Morgan fingerprint density at radius 2 is 2.10 bits per heavy atom. The van der Waals surface area contributed by atoms with Gasteiger partial charge in [0.05, 0.1) is 6.04 Å². The number of amides is 1. The van der Waals surface area contributed by atoms with Crippen molar-refractivity contribution in [3.8, 4) is 11.1 Å². The molecule has 0 fully saturated rings. The van der Waals surface area contributed by atoms with E-state index in [2.05, 4.69) is 40.3 Å². The zero-order chi connectivity index (χ0) is 21.0. The molecule has 5 nitrogen and oxygen atoms in total. The van der Waals surface area contributed by atoms with Gasteiger partial charge in [-0.05, 0) is 59.6 Å². The summed E-state index contributed by atoms with van der Waals surface area (Å²) in [7, 11) is 4.04. The van der Waals surface area contributed by atoms with Crippen LogP contribution in [0.5, 0.6) is 0 Å². The van der Waals surface area contributed by atoms with Crippen LogP contribution < -0.4 is 10.2 Å². The highest BCUT2D eigenvalue weighted by molar-refractivity contribution is 5.77. The van der Waals surface area contributed by atoms with Crippen LogP contribution >= 0.6 is 0 Å². The van der Waals surface area contributed by atoms with Gasteiger partial charge in [-0.25, -0.2) is 0 Å². The second-order valence-corrected chi connectivity index (χ2v) is 8.11. The Morgan fingerprint density at radius 1 is 1.31 bits per heavy atom. The smallest absolute Gasteiger partial charge is 0.220 e. The third-order valence-corrected chi connectivity index (χ3v) is 5.89. The van der Waals surface area contributed by atoms with Crippen LogP contribution in [0.15, 0.2) is 30.6 Å². The van der Waals surface area contributed by atoms with Crippen molar-refractivity contribution in [3.63, 3.8) is 0 Å². The van der Waals surface area contributed by atoms with E-state index < -0.39 is 0 Å². The van der Waals surface area contributed by atoms with Gasteiger partial charge >= 0.3 is 0 Å². The minimum absolute atomic E-state index is 0.00855. The first kappa shape index (κ1) is 21.0. The Balaban J connectivity index is 2.04. The highest BCUT2D eigenvalue weighted by Gasteiger charge is 2.29. The summed E-state index contributed by atoms with van der Waals surface area (Å²) in [6.07, 6.45) is 8.55. The number of carbonyl (C=O) groups is 2. The molecule has 1 aliphatic rings. The first-order chi connectivity index (χ1) is 14.0. The van der Waals surface area contributed by atoms with E-state index in [0.29, 0.717) is 18.8 Å². The van der Waals surface area contributed by atoms with Crippen molar-refractivity contribution in [2.75, 3.05) is 19.0 Å². The standard InChI is InChI=1S/C24H31N3O2/c1-5-23(29)26-24-16(2)8-10-19-20(14-25-15-21(19)24)17-9-11-22(27(3)4)18(13-17)7-6-12-28/h9,11-16,24H,5-8,10H2,1-4H3,(H,26,29)/t16-,24?/m0/s1. The molecule has 1 unspecified atom stereocenters. The molecule has 0 radical (unpaired) electrons. The van der Waals surface area contributed by atoms with E-state index in [1.165, 1.54) is 5.56 Å². The van der Waals surface area contributed by atoms with E-state index in [-0.39, 0.29) is 11.9 Å². The summed E-state index contributed by atoms with van der Waals surface area (Å²) in [6.45, 7) is 4.07. The Bertz CT molecular complexity index is 892. The van der Waals surface area contributed by atoms with Gasteiger partial charge in [0.15, 0.2) is 0 Å². The largest absolute Gasteiger partial charge is 0.377 e. The molecule has 1 N–H and O–H groups in total. The number of hydrogen-bond donors (Lipinski definition) is 1. The number of pyridine rings is 1. The van der Waals surface area contributed by atoms with Crippen LogP contribution in [0.25, 0.3) is 11.1 Å². The fourth-order valence-electron chi connectivity index (χ4n) is 4.24. The number of rotatable bonds is 7. The van der Waals surface area contributed by atoms with Crippen molar-refractivity contribution in [1.29, 1.82) is 0 Å². The van der Waals surface area contributed by atoms with E-state index >= 15 is 0 Å². The molecular weight excluding hydrogens is 362 g/mol. The fraction of sp³-hybridized carbons (Fsp3) is 0.458. The Morgan fingerprint density at radius 3 is 2.79 bits per heavy atom. The number of nitrogens with zero attached hydrogens (tertiary/aromatic N) is 2. The van der Waals surface area contributed by atoms with E-state index in [1.807, 2.05) is 33.4 Å². The van der Waals surface area contributed by atoms with Crippen LogP contribution in [0, 0.1) is 5.92 Å². The maximum absolute atomic E-state index is 12.1. The number of nitrogens with one attached hydrogen (secondary N) is 1. The minimum Gasteiger partial charge on any atom is -0.377 e. The predicted octanol–water partition coefficient (Wildman–Crippen LogP) is 4.10. The first-order valence-corrected chi connectivity index (χ1v) is 10.5. The molecule has 2 aromatic rings. The Hall–Kier alpha value is -2.69. The number of hydrogen-bond acceptors (Lipinski definition) is 4. The molecule has 2 atom stereocenters. The van der Waals surface area contributed by atoms with Crippen LogP contribution in [0.1, 0.15) is 55.8 Å². The van der Waals surface area contributed by atoms with Gasteiger partial charge in [-0.1, -0.05) is 19.9 Å². The minimum atomic E-state index is 0.00855. The number of aromatic nitrogens is 1. The van der Waals surface area contributed by atoms with E-state index in [1.54, 1.807) is 0 Å². The summed E-state index contributed by atoms with van der Waals surface area (Å²) in [5.41, 5.74) is 6.96. The molecule has 3 rings (SSSR count). The van der Waals surface area contributed by atoms with Gasteiger partial charge in [0, 0.05) is 50.6 Å². The molecule has 0 bridgehead atoms. The molecular formula is C24H31N3O2. The highest BCUT2D eigenvalue weighted by atomic mass is 16.1. The monoisotopic (exact) mass is 393 g/mol. The van der Waals surface area contributed by atoms with Crippen molar-refractivity contribution in [2.24, 2.45) is 5.92 Å². The van der Waals surface area contributed by atoms with Crippen molar-refractivity contribution in [2.45, 2.75) is 52.0 Å². The quantitative estimate of drug-likeness (QED) is 0.720. The van der Waals surface area contributed by atoms with Crippen LogP contribution in [0.3, 0.4) is 0 Å². The summed E-state index contributed by atoms with van der Waals surface area (Å²) in [6, 6.07) is 6.45. The van der Waals surface area contributed by atoms with Crippen molar-refractivity contribution in [1.82, 2.24) is 10.3 Å². The third-order valence-electron chi connectivity index (χ3n) is 5.89. The number of aryl methyl sites for hydroxylation is 1. The summed E-state index contributed by atoms with van der Waals surface area (Å²) >= 11 is 0. The summed E-state index contributed by atoms with van der Waals surface area (Å²) < 4.78 is 0. The van der Waals surface area contributed by atoms with Gasteiger partial charge in [0.2, 0.25) is 5.91 Å². The third kappa shape index (κ3) is 4.50. The lowest BCUT2D eigenvalue weighted by molar-refractivity contribution is -0.122. The van der Waals surface area contributed by atoms with Crippen molar-refractivity contribution >= 4 is 17.9 Å². The topological polar surface area (TPSA) is 62.3 Å². The zero-order valence-electron chi connectivity index (χ0n) is 17.9. The molecule has 0 aliphatic heterocycles. The normalized spacial score (nSPS) is 18.1. The lowest BCUT2D eigenvalue weighted by Gasteiger charge is -2.33. The number of anilines is 1. The molecule has 0 saturated carbocycles. The SMILES string of the molecule is CCC(=O)NC1c2cncc(-c3ccc(N(C)C)c(CCC=O)c3)c2CC[C@@H]1C. The average molecular weight is 394 g/mol. The van der Waals surface area contributed by atoms with Crippen LogP contribution in [-0.4, -0.2) is 31.3 Å². The lowest BCUT2D eigenvalue weighted by atomic mass is 9.79. The molecule has 154 valence electrons. The molecule has 0 saturated heterocycles. The van der Waals surface area contributed by atoms with Crippen LogP contribution in [0.2, 0.25) is 0 Å². The van der Waals surface area contributed by atoms with Gasteiger partial charge < -0.3 is 15.0 Å². The molecule has 29 heavy (non-hydrogen) atoms. The molecule has 1 heterocycles. The molecule has 0 spiro atoms. The van der Waals surface area contributed by atoms with Crippen molar-refractivity contribution < 1.29 is 9.59 Å². The Labute approximate surface area is 173 Å². The van der Waals surface area contributed by atoms with E-state index in [9.17, 15) is 9.59 Å². The summed E-state index contributed by atoms with van der Waals surface area (Å²) in [5, 5.41) is 3.19. The number of benzene rings is 1. The molecule has 1 aromatic heterocycles. The summed E-state index contributed by atoms with van der Waals surface area (Å²) in [5.74, 6) is 0.459. The molecule has 1 aliphatic carbocycles. The van der Waals surface area contributed by atoms with E-state index in [4.69, 9.17) is 0 Å². The van der Waals surface area contributed by atoms with Gasteiger partial charge in [-0.3, -0.25) is 9.78 Å². The van der Waals surface area contributed by atoms with E-state index in [0.717, 1.165) is 53.5 Å². The molecule has 1 amide bonds. The van der Waals surface area contributed by atoms with Gasteiger partial charge in [-0.15, -0.1) is 0 Å². The van der Waals surface area contributed by atoms with Crippen LogP contribution in [-0.2, 0) is 22.4 Å². The number of carbonyl (C=O) groups excluding carboxylic acids is 2.